The van der Waals surface area contributed by atoms with Crippen LogP contribution in [-0.4, -0.2) is 19.9 Å². The van der Waals surface area contributed by atoms with Gasteiger partial charge in [-0.25, -0.2) is 13.6 Å². The standard InChI is InChI=1S/C21H16N2O3S/c22-27(25,26)16-12-10-15(11-13-16)23-20-17-8-4-5-9-18(17)21(24)19(20)14-6-2-1-3-7-14/h1-13,19H,(H2,22,25,26)/t19-/m0/s1. The molecule has 3 aromatic rings. The number of ketones is 1. The minimum Gasteiger partial charge on any atom is -0.293 e. The fraction of sp³-hybridized carbons (Fsp3) is 0.0476. The van der Waals surface area contributed by atoms with E-state index in [-0.39, 0.29) is 10.7 Å². The molecule has 1 aliphatic carbocycles. The second-order valence-electron chi connectivity index (χ2n) is 6.29. The van der Waals surface area contributed by atoms with Gasteiger partial charge in [0.25, 0.3) is 0 Å². The van der Waals surface area contributed by atoms with Crippen molar-refractivity contribution in [3.63, 3.8) is 0 Å². The maximum Gasteiger partial charge on any atom is 0.238 e. The van der Waals surface area contributed by atoms with Crippen molar-refractivity contribution >= 4 is 27.2 Å². The van der Waals surface area contributed by atoms with Crippen molar-refractivity contribution < 1.29 is 13.2 Å². The zero-order chi connectivity index (χ0) is 19.0. The van der Waals surface area contributed by atoms with E-state index >= 15 is 0 Å². The Balaban J connectivity index is 1.85. The number of nitrogens with zero attached hydrogens (tertiary/aromatic N) is 1. The van der Waals surface area contributed by atoms with Gasteiger partial charge in [-0.1, -0.05) is 54.6 Å². The van der Waals surface area contributed by atoms with Crippen molar-refractivity contribution in [2.24, 2.45) is 10.1 Å². The molecule has 0 unspecified atom stereocenters. The number of carbonyl (C=O) groups excluding carboxylic acids is 1. The molecule has 0 heterocycles. The van der Waals surface area contributed by atoms with Crippen LogP contribution in [0.1, 0.15) is 27.4 Å². The molecule has 134 valence electrons. The van der Waals surface area contributed by atoms with Gasteiger partial charge in [-0.05, 0) is 29.8 Å². The van der Waals surface area contributed by atoms with Crippen LogP contribution in [0.25, 0.3) is 0 Å². The lowest BCUT2D eigenvalue weighted by Crippen LogP contribution is -2.13. The molecule has 0 radical (unpaired) electrons. The number of nitrogens with two attached hydrogens (primary N) is 1. The van der Waals surface area contributed by atoms with Gasteiger partial charge in [0.05, 0.1) is 22.2 Å². The summed E-state index contributed by atoms with van der Waals surface area (Å²) in [5.41, 5.74) is 3.53. The SMILES string of the molecule is NS(=O)(=O)c1ccc(N=C2c3ccccc3C(=O)[C@H]2c2ccccc2)cc1. The summed E-state index contributed by atoms with van der Waals surface area (Å²) < 4.78 is 22.9. The van der Waals surface area contributed by atoms with E-state index in [0.29, 0.717) is 17.0 Å². The van der Waals surface area contributed by atoms with Gasteiger partial charge in [0, 0.05) is 11.1 Å². The largest absolute Gasteiger partial charge is 0.293 e. The highest BCUT2D eigenvalue weighted by Crippen LogP contribution is 2.36. The third-order valence-electron chi connectivity index (χ3n) is 4.55. The lowest BCUT2D eigenvalue weighted by molar-refractivity contribution is 0.0988. The van der Waals surface area contributed by atoms with Crippen LogP contribution in [0, 0.1) is 0 Å². The first-order valence-corrected chi connectivity index (χ1v) is 9.90. The molecular weight excluding hydrogens is 360 g/mol. The average Bonchev–Trinajstić information content (AvgIpc) is 2.94. The third kappa shape index (κ3) is 3.20. The summed E-state index contributed by atoms with van der Waals surface area (Å²) in [5, 5.41) is 5.14. The third-order valence-corrected chi connectivity index (χ3v) is 5.48. The molecule has 3 aromatic carbocycles. The molecule has 0 fully saturated rings. The van der Waals surface area contributed by atoms with E-state index in [1.807, 2.05) is 48.5 Å². The number of sulfonamides is 1. The first-order chi connectivity index (χ1) is 12.9. The zero-order valence-corrected chi connectivity index (χ0v) is 15.1. The summed E-state index contributed by atoms with van der Waals surface area (Å²) >= 11 is 0. The van der Waals surface area contributed by atoms with E-state index in [1.54, 1.807) is 18.2 Å². The molecule has 5 nitrogen and oxygen atoms in total. The highest BCUT2D eigenvalue weighted by atomic mass is 32.2. The number of hydrogen-bond donors (Lipinski definition) is 1. The van der Waals surface area contributed by atoms with Crippen LogP contribution in [0.3, 0.4) is 0 Å². The Kier molecular flexibility index (Phi) is 4.22. The normalized spacial score (nSPS) is 17.9. The molecule has 1 atom stereocenters. The Bertz CT molecular complexity index is 1150. The molecule has 2 N–H and O–H groups in total. The van der Waals surface area contributed by atoms with E-state index in [0.717, 1.165) is 11.1 Å². The number of hydrogen-bond acceptors (Lipinski definition) is 4. The number of fused-ring (bicyclic) bond motifs is 1. The van der Waals surface area contributed by atoms with E-state index < -0.39 is 15.9 Å². The number of benzene rings is 3. The van der Waals surface area contributed by atoms with Gasteiger partial charge in [-0.3, -0.25) is 9.79 Å². The predicted octanol–water partition coefficient (Wildman–Crippen LogP) is 3.43. The Hall–Kier alpha value is -3.09. The molecular formula is C21H16N2O3S. The van der Waals surface area contributed by atoms with Crippen LogP contribution in [0.15, 0.2) is 88.8 Å². The van der Waals surface area contributed by atoms with Crippen molar-refractivity contribution in [2.45, 2.75) is 10.8 Å². The van der Waals surface area contributed by atoms with Crippen molar-refractivity contribution in [3.8, 4) is 0 Å². The Labute approximate surface area is 157 Å². The van der Waals surface area contributed by atoms with Gasteiger partial charge in [0.15, 0.2) is 5.78 Å². The van der Waals surface area contributed by atoms with Crippen molar-refractivity contribution in [1.82, 2.24) is 0 Å². The van der Waals surface area contributed by atoms with E-state index in [4.69, 9.17) is 10.1 Å². The number of Topliss-reactive ketones (excluding diaryl/α,β-unsaturated/α-hetero) is 1. The van der Waals surface area contributed by atoms with Crippen LogP contribution >= 0.6 is 0 Å². The maximum atomic E-state index is 13.0. The minimum absolute atomic E-state index is 0.0108. The number of carbonyl (C=O) groups is 1. The summed E-state index contributed by atoms with van der Waals surface area (Å²) in [7, 11) is -3.76. The molecule has 0 spiro atoms. The van der Waals surface area contributed by atoms with Crippen molar-refractivity contribution in [2.75, 3.05) is 0 Å². The van der Waals surface area contributed by atoms with Gasteiger partial charge >= 0.3 is 0 Å². The molecule has 27 heavy (non-hydrogen) atoms. The quantitative estimate of drug-likeness (QED) is 0.759. The lowest BCUT2D eigenvalue weighted by atomic mass is 9.93. The molecule has 0 aliphatic heterocycles. The Morgan fingerprint density at radius 1 is 0.778 bits per heavy atom. The van der Waals surface area contributed by atoms with Gasteiger partial charge in [-0.2, -0.15) is 0 Å². The molecule has 1 aliphatic rings. The predicted molar refractivity (Wildman–Crippen MR) is 104 cm³/mol. The fourth-order valence-electron chi connectivity index (χ4n) is 3.29. The second kappa shape index (κ2) is 6.57. The molecule has 0 amide bonds. The van der Waals surface area contributed by atoms with Crippen LogP contribution in [0.4, 0.5) is 5.69 Å². The summed E-state index contributed by atoms with van der Waals surface area (Å²) in [6, 6.07) is 22.9. The number of aliphatic imine (C=N–C) groups is 1. The smallest absolute Gasteiger partial charge is 0.238 e. The van der Waals surface area contributed by atoms with Crippen LogP contribution in [0.2, 0.25) is 0 Å². The van der Waals surface area contributed by atoms with Gasteiger partial charge < -0.3 is 0 Å². The Morgan fingerprint density at radius 2 is 1.37 bits per heavy atom. The highest BCUT2D eigenvalue weighted by molar-refractivity contribution is 7.89. The maximum absolute atomic E-state index is 13.0. The van der Waals surface area contributed by atoms with E-state index in [9.17, 15) is 13.2 Å². The van der Waals surface area contributed by atoms with Gasteiger partial charge in [0.1, 0.15) is 0 Å². The molecule has 4 rings (SSSR count). The lowest BCUT2D eigenvalue weighted by Gasteiger charge is -2.11. The zero-order valence-electron chi connectivity index (χ0n) is 14.2. The highest BCUT2D eigenvalue weighted by Gasteiger charge is 2.37. The molecule has 0 saturated carbocycles. The molecule has 0 saturated heterocycles. The van der Waals surface area contributed by atoms with Crippen LogP contribution < -0.4 is 5.14 Å². The number of primary sulfonamides is 1. The van der Waals surface area contributed by atoms with Crippen LogP contribution in [0.5, 0.6) is 0 Å². The topological polar surface area (TPSA) is 89.6 Å². The summed E-state index contributed by atoms with van der Waals surface area (Å²) in [6.07, 6.45) is 0. The van der Waals surface area contributed by atoms with Gasteiger partial charge in [0.2, 0.25) is 10.0 Å². The van der Waals surface area contributed by atoms with E-state index in [1.165, 1.54) is 12.1 Å². The first-order valence-electron chi connectivity index (χ1n) is 8.35. The summed E-state index contributed by atoms with van der Waals surface area (Å²) in [4.78, 5) is 17.7. The van der Waals surface area contributed by atoms with E-state index in [2.05, 4.69) is 0 Å². The summed E-state index contributed by atoms with van der Waals surface area (Å²) in [5.74, 6) is -0.474. The monoisotopic (exact) mass is 376 g/mol. The van der Waals surface area contributed by atoms with Crippen molar-refractivity contribution in [3.05, 3.63) is 95.6 Å². The second-order valence-corrected chi connectivity index (χ2v) is 7.85. The van der Waals surface area contributed by atoms with Crippen LogP contribution in [-0.2, 0) is 10.0 Å². The first kappa shape index (κ1) is 17.3. The Morgan fingerprint density at radius 3 is 2.00 bits per heavy atom. The molecule has 6 heteroatoms. The van der Waals surface area contributed by atoms with Crippen molar-refractivity contribution in [1.29, 1.82) is 0 Å². The average molecular weight is 376 g/mol. The summed E-state index contributed by atoms with van der Waals surface area (Å²) in [6.45, 7) is 0. The molecule has 0 aromatic heterocycles. The fourth-order valence-corrected chi connectivity index (χ4v) is 3.80. The molecule has 0 bridgehead atoms. The number of rotatable bonds is 3. The minimum atomic E-state index is -3.76. The van der Waals surface area contributed by atoms with Gasteiger partial charge in [-0.15, -0.1) is 0 Å².